The fourth-order valence-corrected chi connectivity index (χ4v) is 2.07. The monoisotopic (exact) mass is 279 g/mol. The smallest absolute Gasteiger partial charge is 0.168 e. The molecule has 7 heteroatoms. The molecule has 0 amide bonds. The molecule has 0 unspecified atom stereocenters. The van der Waals surface area contributed by atoms with E-state index in [1.165, 1.54) is 6.33 Å². The largest absolute Gasteiger partial charge is 0.383 e. The summed E-state index contributed by atoms with van der Waals surface area (Å²) in [7, 11) is 0. The summed E-state index contributed by atoms with van der Waals surface area (Å²) in [6.07, 6.45) is 2.98. The maximum Gasteiger partial charge on any atom is 0.168 e. The molecule has 0 aliphatic heterocycles. The first-order chi connectivity index (χ1) is 8.68. The summed E-state index contributed by atoms with van der Waals surface area (Å²) < 4.78 is 1.58. The summed E-state index contributed by atoms with van der Waals surface area (Å²) >= 11 is 12.1. The van der Waals surface area contributed by atoms with Crippen LogP contribution in [0.1, 0.15) is 0 Å². The molecule has 2 aromatic heterocycles. The van der Waals surface area contributed by atoms with E-state index in [2.05, 4.69) is 15.1 Å². The van der Waals surface area contributed by atoms with Crippen LogP contribution in [0.5, 0.6) is 0 Å². The molecule has 0 saturated heterocycles. The van der Waals surface area contributed by atoms with Gasteiger partial charge >= 0.3 is 0 Å². The highest BCUT2D eigenvalue weighted by Gasteiger charge is 2.12. The molecule has 2 N–H and O–H groups in total. The van der Waals surface area contributed by atoms with Crippen molar-refractivity contribution in [1.29, 1.82) is 0 Å². The Balaban J connectivity index is 2.33. The Morgan fingerprint density at radius 3 is 2.83 bits per heavy atom. The molecule has 1 aromatic carbocycles. The van der Waals surface area contributed by atoms with Crippen LogP contribution in [0.25, 0.3) is 16.7 Å². The normalized spacial score (nSPS) is 11.0. The lowest BCUT2D eigenvalue weighted by Crippen LogP contribution is -2.00. The van der Waals surface area contributed by atoms with Gasteiger partial charge in [-0.15, -0.1) is 0 Å². The van der Waals surface area contributed by atoms with Gasteiger partial charge in [0.05, 0.1) is 27.3 Å². The van der Waals surface area contributed by atoms with Gasteiger partial charge in [-0.1, -0.05) is 29.3 Å². The number of rotatable bonds is 1. The first-order valence-electron chi connectivity index (χ1n) is 5.07. The van der Waals surface area contributed by atoms with E-state index >= 15 is 0 Å². The van der Waals surface area contributed by atoms with Gasteiger partial charge in [0.25, 0.3) is 0 Å². The number of aromatic nitrogens is 4. The van der Waals surface area contributed by atoms with Gasteiger partial charge in [-0.25, -0.2) is 14.6 Å². The SMILES string of the molecule is Nc1ncnc2c1cnn2-c1cccc(Cl)c1Cl. The Morgan fingerprint density at radius 2 is 2.00 bits per heavy atom. The van der Waals surface area contributed by atoms with Crippen molar-refractivity contribution in [3.8, 4) is 5.69 Å². The molecule has 0 saturated carbocycles. The van der Waals surface area contributed by atoms with E-state index in [0.29, 0.717) is 32.6 Å². The topological polar surface area (TPSA) is 69.6 Å². The third-order valence-electron chi connectivity index (χ3n) is 2.56. The highest BCUT2D eigenvalue weighted by molar-refractivity contribution is 6.43. The van der Waals surface area contributed by atoms with Gasteiger partial charge in [-0.2, -0.15) is 5.10 Å². The third-order valence-corrected chi connectivity index (χ3v) is 3.36. The summed E-state index contributed by atoms with van der Waals surface area (Å²) in [6, 6.07) is 5.31. The first kappa shape index (κ1) is 11.3. The Hall–Kier alpha value is -1.85. The van der Waals surface area contributed by atoms with Crippen LogP contribution in [0.3, 0.4) is 0 Å². The summed E-state index contributed by atoms with van der Waals surface area (Å²) in [5.41, 5.74) is 6.99. The number of hydrogen-bond acceptors (Lipinski definition) is 4. The van der Waals surface area contributed by atoms with Crippen molar-refractivity contribution in [1.82, 2.24) is 19.7 Å². The van der Waals surface area contributed by atoms with Crippen LogP contribution in [0.2, 0.25) is 10.0 Å². The number of halogens is 2. The van der Waals surface area contributed by atoms with Crippen LogP contribution < -0.4 is 5.73 Å². The molecule has 5 nitrogen and oxygen atoms in total. The Bertz CT molecular complexity index is 737. The van der Waals surface area contributed by atoms with E-state index in [1.54, 1.807) is 29.1 Å². The zero-order chi connectivity index (χ0) is 12.7. The summed E-state index contributed by atoms with van der Waals surface area (Å²) in [5.74, 6) is 0.379. The fraction of sp³-hybridized carbons (Fsp3) is 0. The van der Waals surface area contributed by atoms with E-state index in [-0.39, 0.29) is 0 Å². The molecule has 0 aliphatic rings. The molecule has 90 valence electrons. The Morgan fingerprint density at radius 1 is 1.17 bits per heavy atom. The fourth-order valence-electron chi connectivity index (χ4n) is 1.69. The molecule has 0 radical (unpaired) electrons. The van der Waals surface area contributed by atoms with Gasteiger partial charge in [0, 0.05) is 0 Å². The molecule has 0 atom stereocenters. The summed E-state index contributed by atoms with van der Waals surface area (Å²) in [6.45, 7) is 0. The van der Waals surface area contributed by atoms with Crippen LogP contribution in [-0.4, -0.2) is 19.7 Å². The molecular formula is C11H7Cl2N5. The molecule has 0 aliphatic carbocycles. The number of nitrogens with zero attached hydrogens (tertiary/aromatic N) is 4. The van der Waals surface area contributed by atoms with E-state index in [0.717, 1.165) is 0 Å². The lowest BCUT2D eigenvalue weighted by atomic mass is 10.3. The number of anilines is 1. The predicted molar refractivity (Wildman–Crippen MR) is 71.1 cm³/mol. The Labute approximate surface area is 112 Å². The van der Waals surface area contributed by atoms with Gasteiger partial charge in [0.1, 0.15) is 12.1 Å². The quantitative estimate of drug-likeness (QED) is 0.744. The molecule has 0 fully saturated rings. The van der Waals surface area contributed by atoms with Crippen LogP contribution in [-0.2, 0) is 0 Å². The van der Waals surface area contributed by atoms with E-state index in [4.69, 9.17) is 28.9 Å². The number of benzene rings is 1. The average molecular weight is 280 g/mol. The standard InChI is InChI=1S/C11H7Cl2N5/c12-7-2-1-3-8(9(7)13)18-11-6(4-17-18)10(14)15-5-16-11/h1-5H,(H2,14,15,16). The van der Waals surface area contributed by atoms with Crippen LogP contribution in [0.4, 0.5) is 5.82 Å². The third kappa shape index (κ3) is 1.60. The summed E-state index contributed by atoms with van der Waals surface area (Å²) in [4.78, 5) is 8.07. The lowest BCUT2D eigenvalue weighted by molar-refractivity contribution is 0.895. The second kappa shape index (κ2) is 4.12. The van der Waals surface area contributed by atoms with Crippen molar-refractivity contribution in [3.63, 3.8) is 0 Å². The van der Waals surface area contributed by atoms with Gasteiger partial charge in [0.2, 0.25) is 0 Å². The molecule has 0 spiro atoms. The van der Waals surface area contributed by atoms with Crippen LogP contribution >= 0.6 is 23.2 Å². The van der Waals surface area contributed by atoms with Crippen LogP contribution in [0.15, 0.2) is 30.7 Å². The van der Waals surface area contributed by atoms with Crippen molar-refractivity contribution < 1.29 is 0 Å². The molecule has 0 bridgehead atoms. The van der Waals surface area contributed by atoms with E-state index in [9.17, 15) is 0 Å². The highest BCUT2D eigenvalue weighted by Crippen LogP contribution is 2.30. The average Bonchev–Trinajstić information content (AvgIpc) is 2.78. The Kier molecular flexibility index (Phi) is 2.57. The number of fused-ring (bicyclic) bond motifs is 1. The minimum absolute atomic E-state index is 0.379. The maximum absolute atomic E-state index is 6.16. The maximum atomic E-state index is 6.16. The van der Waals surface area contributed by atoms with Crippen molar-refractivity contribution in [3.05, 3.63) is 40.8 Å². The second-order valence-corrected chi connectivity index (χ2v) is 4.41. The van der Waals surface area contributed by atoms with Crippen molar-refractivity contribution in [2.24, 2.45) is 0 Å². The highest BCUT2D eigenvalue weighted by atomic mass is 35.5. The molecule has 18 heavy (non-hydrogen) atoms. The second-order valence-electron chi connectivity index (χ2n) is 3.63. The number of nitrogen functional groups attached to an aromatic ring is 1. The van der Waals surface area contributed by atoms with Crippen molar-refractivity contribution in [2.45, 2.75) is 0 Å². The van der Waals surface area contributed by atoms with Gasteiger partial charge in [-0.3, -0.25) is 0 Å². The number of hydrogen-bond donors (Lipinski definition) is 1. The number of nitrogens with two attached hydrogens (primary N) is 1. The van der Waals surface area contributed by atoms with E-state index < -0.39 is 0 Å². The minimum Gasteiger partial charge on any atom is -0.383 e. The van der Waals surface area contributed by atoms with Crippen LogP contribution in [0, 0.1) is 0 Å². The molecule has 3 rings (SSSR count). The predicted octanol–water partition coefficient (Wildman–Crippen LogP) is 2.70. The zero-order valence-electron chi connectivity index (χ0n) is 9.01. The van der Waals surface area contributed by atoms with Gasteiger partial charge in [0.15, 0.2) is 5.65 Å². The first-order valence-corrected chi connectivity index (χ1v) is 5.82. The van der Waals surface area contributed by atoms with Crippen molar-refractivity contribution >= 4 is 40.1 Å². The van der Waals surface area contributed by atoms with Gasteiger partial charge in [-0.05, 0) is 12.1 Å². The lowest BCUT2D eigenvalue weighted by Gasteiger charge is -2.06. The molecule has 3 aromatic rings. The van der Waals surface area contributed by atoms with Gasteiger partial charge < -0.3 is 5.73 Å². The zero-order valence-corrected chi connectivity index (χ0v) is 10.5. The minimum atomic E-state index is 0.379. The van der Waals surface area contributed by atoms with Crippen molar-refractivity contribution in [2.75, 3.05) is 5.73 Å². The van der Waals surface area contributed by atoms with E-state index in [1.807, 2.05) is 0 Å². The summed E-state index contributed by atoms with van der Waals surface area (Å²) in [5, 5.41) is 5.77. The molecular weight excluding hydrogens is 273 g/mol. The molecule has 2 heterocycles.